The van der Waals surface area contributed by atoms with Crippen molar-refractivity contribution in [2.24, 2.45) is 7.05 Å². The van der Waals surface area contributed by atoms with Gasteiger partial charge in [-0.15, -0.1) is 0 Å². The molecule has 21 heavy (non-hydrogen) atoms. The highest BCUT2D eigenvalue weighted by molar-refractivity contribution is 5.71. The van der Waals surface area contributed by atoms with Gasteiger partial charge in [0.15, 0.2) is 28.8 Å². The van der Waals surface area contributed by atoms with Crippen LogP contribution in [-0.4, -0.2) is 47.1 Å². The van der Waals surface area contributed by atoms with Gasteiger partial charge < -0.3 is 25.8 Å². The molecular formula is C11H13N5O5. The van der Waals surface area contributed by atoms with Gasteiger partial charge in [-0.05, 0) is 0 Å². The molecule has 0 saturated carbocycles. The Morgan fingerprint density at radius 1 is 1.52 bits per heavy atom. The van der Waals surface area contributed by atoms with Crippen LogP contribution in [0.1, 0.15) is 6.23 Å². The van der Waals surface area contributed by atoms with Crippen LogP contribution in [0.3, 0.4) is 0 Å². The SMILES string of the molecule is Cn1c(N)nc2c(ncn2[C@@H]2OC(CO)=C(O)C2O)c1=O. The zero-order chi connectivity index (χ0) is 15.3. The largest absolute Gasteiger partial charge is 0.506 e. The van der Waals surface area contributed by atoms with Crippen LogP contribution in [0.15, 0.2) is 22.6 Å². The molecule has 2 aromatic rings. The normalized spacial score (nSPS) is 22.0. The van der Waals surface area contributed by atoms with Gasteiger partial charge in [-0.25, -0.2) is 4.98 Å². The predicted octanol–water partition coefficient (Wildman–Crippen LogP) is -1.64. The van der Waals surface area contributed by atoms with Gasteiger partial charge in [0.1, 0.15) is 12.9 Å². The molecule has 1 aliphatic rings. The molecule has 10 nitrogen and oxygen atoms in total. The third kappa shape index (κ3) is 1.76. The number of imidazole rings is 1. The highest BCUT2D eigenvalue weighted by Gasteiger charge is 2.37. The van der Waals surface area contributed by atoms with Crippen molar-refractivity contribution in [2.45, 2.75) is 12.3 Å². The lowest BCUT2D eigenvalue weighted by atomic mass is 10.2. The monoisotopic (exact) mass is 295 g/mol. The molecule has 0 bridgehead atoms. The number of rotatable bonds is 2. The number of aliphatic hydroxyl groups excluding tert-OH is 3. The second-order valence-electron chi connectivity index (χ2n) is 4.58. The van der Waals surface area contributed by atoms with Crippen molar-refractivity contribution < 1.29 is 20.1 Å². The molecule has 3 heterocycles. The summed E-state index contributed by atoms with van der Waals surface area (Å²) in [5, 5.41) is 28.6. The zero-order valence-corrected chi connectivity index (χ0v) is 11.0. The van der Waals surface area contributed by atoms with E-state index in [2.05, 4.69) is 9.97 Å². The first-order valence-electron chi connectivity index (χ1n) is 6.02. The maximum Gasteiger partial charge on any atom is 0.282 e. The maximum absolute atomic E-state index is 12.0. The molecule has 1 aliphatic heterocycles. The van der Waals surface area contributed by atoms with Crippen molar-refractivity contribution in [3.05, 3.63) is 28.2 Å². The molecule has 0 amide bonds. The first-order chi connectivity index (χ1) is 9.95. The number of hydrogen-bond donors (Lipinski definition) is 4. The van der Waals surface area contributed by atoms with Gasteiger partial charge in [0.25, 0.3) is 5.56 Å². The highest BCUT2D eigenvalue weighted by atomic mass is 16.5. The van der Waals surface area contributed by atoms with E-state index in [0.717, 1.165) is 4.57 Å². The number of fused-ring (bicyclic) bond motifs is 1. The second-order valence-corrected chi connectivity index (χ2v) is 4.58. The smallest absolute Gasteiger partial charge is 0.282 e. The summed E-state index contributed by atoms with van der Waals surface area (Å²) in [6.07, 6.45) is -1.24. The van der Waals surface area contributed by atoms with Crippen LogP contribution >= 0.6 is 0 Å². The molecule has 10 heteroatoms. The zero-order valence-electron chi connectivity index (χ0n) is 11.0. The van der Waals surface area contributed by atoms with Crippen molar-refractivity contribution >= 4 is 17.1 Å². The number of aromatic nitrogens is 4. The fraction of sp³-hybridized carbons (Fsp3) is 0.364. The molecular weight excluding hydrogens is 282 g/mol. The second kappa shape index (κ2) is 4.46. The minimum atomic E-state index is -1.41. The first kappa shape index (κ1) is 13.4. The van der Waals surface area contributed by atoms with E-state index in [9.17, 15) is 15.0 Å². The van der Waals surface area contributed by atoms with Crippen molar-refractivity contribution in [2.75, 3.05) is 12.3 Å². The average Bonchev–Trinajstić information content (AvgIpc) is 2.99. The van der Waals surface area contributed by atoms with Gasteiger partial charge in [0, 0.05) is 7.05 Å². The van der Waals surface area contributed by atoms with Crippen LogP contribution in [0.25, 0.3) is 11.2 Å². The average molecular weight is 295 g/mol. The Balaban J connectivity index is 2.14. The molecule has 2 atom stereocenters. The van der Waals surface area contributed by atoms with Crippen molar-refractivity contribution in [3.8, 4) is 0 Å². The van der Waals surface area contributed by atoms with Gasteiger partial charge in [0.2, 0.25) is 12.2 Å². The summed E-state index contributed by atoms with van der Waals surface area (Å²) < 4.78 is 7.67. The first-order valence-corrected chi connectivity index (χ1v) is 6.02. The fourth-order valence-electron chi connectivity index (χ4n) is 2.15. The highest BCUT2D eigenvalue weighted by Crippen LogP contribution is 2.32. The van der Waals surface area contributed by atoms with Gasteiger partial charge in [-0.1, -0.05) is 0 Å². The fourth-order valence-corrected chi connectivity index (χ4v) is 2.15. The maximum atomic E-state index is 12.0. The van der Waals surface area contributed by atoms with E-state index >= 15 is 0 Å². The van der Waals surface area contributed by atoms with Gasteiger partial charge in [-0.3, -0.25) is 13.9 Å². The number of nitrogens with zero attached hydrogens (tertiary/aromatic N) is 4. The third-order valence-corrected chi connectivity index (χ3v) is 3.36. The lowest BCUT2D eigenvalue weighted by Gasteiger charge is -2.17. The van der Waals surface area contributed by atoms with E-state index < -0.39 is 30.3 Å². The van der Waals surface area contributed by atoms with E-state index in [1.807, 2.05) is 0 Å². The molecule has 5 N–H and O–H groups in total. The molecule has 0 spiro atoms. The van der Waals surface area contributed by atoms with E-state index in [0.29, 0.717) is 0 Å². The number of ether oxygens (including phenoxy) is 1. The molecule has 0 aromatic carbocycles. The molecule has 2 aromatic heterocycles. The van der Waals surface area contributed by atoms with E-state index in [4.69, 9.17) is 15.6 Å². The minimum Gasteiger partial charge on any atom is -0.506 e. The Hall–Kier alpha value is -2.59. The van der Waals surface area contributed by atoms with E-state index in [1.54, 1.807) is 0 Å². The molecule has 0 fully saturated rings. The predicted molar refractivity (Wildman–Crippen MR) is 70.1 cm³/mol. The summed E-state index contributed by atoms with van der Waals surface area (Å²) in [6, 6.07) is 0. The van der Waals surface area contributed by atoms with Gasteiger partial charge in [0.05, 0.1) is 0 Å². The number of nitrogen functional groups attached to an aromatic ring is 1. The standard InChI is InChI=1S/C11H13N5O5/c1-15-9(20)5-8(14-11(15)12)16(3-13-5)10-7(19)6(18)4(2-17)21-10/h3,7,10,17-19H,2H2,1H3,(H2,12,14)/t7?,10-/m1/s1. The Morgan fingerprint density at radius 2 is 2.24 bits per heavy atom. The van der Waals surface area contributed by atoms with Crippen LogP contribution < -0.4 is 11.3 Å². The summed E-state index contributed by atoms with van der Waals surface area (Å²) >= 11 is 0. The molecule has 0 aliphatic carbocycles. The number of hydrogen-bond acceptors (Lipinski definition) is 8. The van der Waals surface area contributed by atoms with Gasteiger partial charge in [-0.2, -0.15) is 4.98 Å². The summed E-state index contributed by atoms with van der Waals surface area (Å²) in [5.41, 5.74) is 5.37. The molecule has 1 unspecified atom stereocenters. The summed E-state index contributed by atoms with van der Waals surface area (Å²) in [5.74, 6) is -0.645. The molecule has 112 valence electrons. The summed E-state index contributed by atoms with van der Waals surface area (Å²) in [6.45, 7) is -0.566. The Kier molecular flexibility index (Phi) is 2.85. The Morgan fingerprint density at radius 3 is 2.86 bits per heavy atom. The third-order valence-electron chi connectivity index (χ3n) is 3.36. The van der Waals surface area contributed by atoms with E-state index in [-0.39, 0.29) is 22.9 Å². The number of anilines is 1. The number of aliphatic hydroxyl groups is 3. The van der Waals surface area contributed by atoms with Crippen LogP contribution in [0.4, 0.5) is 5.95 Å². The topological polar surface area (TPSA) is 149 Å². The molecule has 0 saturated heterocycles. The van der Waals surface area contributed by atoms with Crippen LogP contribution in [0, 0.1) is 0 Å². The molecule has 0 radical (unpaired) electrons. The number of nitrogens with two attached hydrogens (primary N) is 1. The minimum absolute atomic E-state index is 0.0266. The van der Waals surface area contributed by atoms with Crippen molar-refractivity contribution in [1.82, 2.24) is 19.1 Å². The van der Waals surface area contributed by atoms with Crippen LogP contribution in [0.5, 0.6) is 0 Å². The molecule has 3 rings (SSSR count). The van der Waals surface area contributed by atoms with Crippen LogP contribution in [0.2, 0.25) is 0 Å². The lowest BCUT2D eigenvalue weighted by molar-refractivity contribution is -0.0119. The summed E-state index contributed by atoms with van der Waals surface area (Å²) in [4.78, 5) is 20.0. The lowest BCUT2D eigenvalue weighted by Crippen LogP contribution is -2.25. The Bertz CT molecular complexity index is 807. The Labute approximate surface area is 117 Å². The van der Waals surface area contributed by atoms with Crippen molar-refractivity contribution in [3.63, 3.8) is 0 Å². The summed E-state index contributed by atoms with van der Waals surface area (Å²) in [7, 11) is 1.46. The van der Waals surface area contributed by atoms with E-state index in [1.165, 1.54) is 17.9 Å². The van der Waals surface area contributed by atoms with Crippen LogP contribution in [-0.2, 0) is 11.8 Å². The quantitative estimate of drug-likeness (QED) is 0.515. The van der Waals surface area contributed by atoms with Crippen molar-refractivity contribution in [1.29, 1.82) is 0 Å². The van der Waals surface area contributed by atoms with Gasteiger partial charge >= 0.3 is 0 Å².